The number of aldehydes is 1. The molecule has 11 heterocycles. The van der Waals surface area contributed by atoms with Gasteiger partial charge in [0.2, 0.25) is 47.3 Å². The van der Waals surface area contributed by atoms with Gasteiger partial charge in [0, 0.05) is 89.4 Å². The number of ether oxygens (including phenoxy) is 1. The van der Waals surface area contributed by atoms with Gasteiger partial charge < -0.3 is 40.6 Å². The summed E-state index contributed by atoms with van der Waals surface area (Å²) in [4.78, 5) is 205. The molecule has 103 heavy (non-hydrogen) atoms. The maximum atomic E-state index is 13.2. The molecule has 31 nitrogen and oxygen atoms in total. The van der Waals surface area contributed by atoms with Gasteiger partial charge in [-0.05, 0) is 148 Å². The van der Waals surface area contributed by atoms with Gasteiger partial charge in [0.1, 0.15) is 36.0 Å². The van der Waals surface area contributed by atoms with E-state index in [1.54, 1.807) is 30.3 Å². The molecule has 0 saturated carbocycles. The van der Waals surface area contributed by atoms with E-state index in [4.69, 9.17) is 15.9 Å². The van der Waals surface area contributed by atoms with Gasteiger partial charge in [-0.15, -0.1) is 12.4 Å². The molecule has 7 fully saturated rings. The molecule has 7 saturated heterocycles. The van der Waals surface area contributed by atoms with Crippen LogP contribution < -0.4 is 42.1 Å². The smallest absolute Gasteiger partial charge is 0.347 e. The van der Waals surface area contributed by atoms with Crippen LogP contribution in [0.5, 0.6) is 0 Å². The minimum absolute atomic E-state index is 0. The minimum atomic E-state index is -1.02. The van der Waals surface area contributed by atoms with E-state index in [1.807, 2.05) is 6.07 Å². The van der Waals surface area contributed by atoms with Gasteiger partial charge >= 0.3 is 11.9 Å². The molecule has 14 amide bonds. The number of cyclic esters (lactones) is 2. The third kappa shape index (κ3) is 17.1. The maximum Gasteiger partial charge on any atom is 0.347 e. The van der Waals surface area contributed by atoms with Crippen molar-refractivity contribution in [2.45, 2.75) is 108 Å². The molecular weight excluding hydrogens is 1380 g/mol. The fourth-order valence-corrected chi connectivity index (χ4v) is 13.3. The van der Waals surface area contributed by atoms with Crippen molar-refractivity contribution in [2.24, 2.45) is 23.5 Å². The predicted molar refractivity (Wildman–Crippen MR) is 354 cm³/mol. The molecule has 9 N–H and O–H groups in total. The van der Waals surface area contributed by atoms with Crippen LogP contribution in [0.1, 0.15) is 166 Å². The molecule has 0 bridgehead atoms. The lowest BCUT2D eigenvalue weighted by atomic mass is 10.0. The first kappa shape index (κ1) is 76.4. The van der Waals surface area contributed by atoms with E-state index in [1.165, 1.54) is 12.1 Å². The van der Waals surface area contributed by atoms with Crippen molar-refractivity contribution in [1.82, 2.24) is 41.3 Å². The van der Waals surface area contributed by atoms with E-state index < -0.39 is 113 Å². The van der Waals surface area contributed by atoms with Crippen LogP contribution in [0, 0.1) is 29.4 Å². The number of hydrogen-bond acceptors (Lipinski definition) is 24. The number of aliphatic hydroxyl groups is 2. The molecule has 7 atom stereocenters. The number of imide groups is 7. The zero-order valence-electron chi connectivity index (χ0n) is 55.1. The number of carbonyl (C=O) groups is 17. The van der Waals surface area contributed by atoms with E-state index in [2.05, 4.69) is 41.1 Å². The quantitative estimate of drug-likeness (QED) is 0.0474. The molecule has 15 rings (SSSR count). The summed E-state index contributed by atoms with van der Waals surface area (Å²) in [6, 6.07) is 13.5. The van der Waals surface area contributed by atoms with E-state index in [-0.39, 0.29) is 109 Å². The molecule has 0 spiro atoms. The van der Waals surface area contributed by atoms with Crippen molar-refractivity contribution >= 4 is 125 Å². The molecule has 0 aromatic heterocycles. The number of halogens is 3. The van der Waals surface area contributed by atoms with E-state index in [9.17, 15) is 90.3 Å². The molecule has 0 radical (unpaired) electrons. The van der Waals surface area contributed by atoms with Crippen molar-refractivity contribution in [1.29, 1.82) is 0 Å². The highest BCUT2D eigenvalue weighted by molar-refractivity contribution is 6.26. The average molecular weight is 1450 g/mol. The first-order chi connectivity index (χ1) is 48.8. The Morgan fingerprint density at radius 2 is 0.845 bits per heavy atom. The largest absolute Gasteiger partial charge is 0.396 e. The minimum Gasteiger partial charge on any atom is -0.396 e. The summed E-state index contributed by atoms with van der Waals surface area (Å²) in [7, 11) is 0. The Morgan fingerprint density at radius 1 is 0.456 bits per heavy atom. The number of aliphatic hydroxyl groups excluding tert-OH is 2. The summed E-state index contributed by atoms with van der Waals surface area (Å²) in [5.41, 5.74) is 8.25. The number of nitrogens with zero attached hydrogens (tertiary/aromatic N) is 5. The van der Waals surface area contributed by atoms with Gasteiger partial charge in [0.25, 0.3) is 35.4 Å². The van der Waals surface area contributed by atoms with Gasteiger partial charge in [-0.25, -0.2) is 18.4 Å². The molecule has 0 aliphatic carbocycles. The predicted octanol–water partition coefficient (Wildman–Crippen LogP) is 0.923. The van der Waals surface area contributed by atoms with Crippen LogP contribution in [0.15, 0.2) is 72.8 Å². The van der Waals surface area contributed by atoms with E-state index >= 15 is 0 Å². The van der Waals surface area contributed by atoms with Crippen LogP contribution in [0.4, 0.5) is 20.2 Å². The van der Waals surface area contributed by atoms with Crippen molar-refractivity contribution in [3.8, 4) is 0 Å². The Hall–Kier alpha value is -10.7. The highest BCUT2D eigenvalue weighted by Crippen LogP contribution is 2.36. The van der Waals surface area contributed by atoms with Crippen LogP contribution in [-0.2, 0) is 47.9 Å². The molecular formula is C69H72ClF2N11O20. The van der Waals surface area contributed by atoms with E-state index in [0.29, 0.717) is 54.7 Å². The van der Waals surface area contributed by atoms with Crippen LogP contribution in [0.2, 0.25) is 0 Å². The number of fused-ring (bicyclic) bond motifs is 4. The standard InChI is InChI=1S/C19H21N3O5.C19H19N3O5.C13H9FN2O4.C8H3FO3.C5H8N2O2.C5H11NO.ClH/c2*23-8-6-11-5-7-21(10-11)12-1-2-13-14(9-12)19(27)22(18(13)26)15-3-4-16(24)20-17(15)25;14-6-1-2-7-8(5-6)13(20)16(12(7)19)9-3-4-10(17)15-11(9)18;9-4-1-2-5-6(3-4)8(11)12-7(5)10;6-3-1-2-4(8)7-5(3)9;7-4-5-1-2-6-3-5;/h1-2,9,11,15,23H,3-8,10H2,(H,20,24,25);1-2,8-9,11,15H,3-7,10H2,(H,20,24,25);1-2,5,9H,3-4H2,(H,15,17,18);1-3H;3H,1-2,6H2,(H,7,8,9);5-7H,1-4H2;1H. The summed E-state index contributed by atoms with van der Waals surface area (Å²) in [5.74, 6) is -8.45. The highest BCUT2D eigenvalue weighted by Gasteiger charge is 2.48. The number of nitrogens with one attached hydrogen (secondary N) is 5. The number of amides is 14. The Balaban J connectivity index is 0.000000152. The zero-order valence-corrected chi connectivity index (χ0v) is 55.9. The number of piperidine rings is 4. The Labute approximate surface area is 591 Å². The fraction of sp³-hybridized carbons (Fsp3) is 0.406. The second-order valence-corrected chi connectivity index (χ2v) is 25.6. The van der Waals surface area contributed by atoms with Crippen LogP contribution in [0.3, 0.4) is 0 Å². The number of anilines is 2. The van der Waals surface area contributed by atoms with Gasteiger partial charge in [-0.1, -0.05) is 0 Å². The van der Waals surface area contributed by atoms with Crippen molar-refractivity contribution in [3.63, 3.8) is 0 Å². The Kier molecular flexibility index (Phi) is 24.8. The lowest BCUT2D eigenvalue weighted by Crippen LogP contribution is -2.54. The third-order valence-electron chi connectivity index (χ3n) is 18.8. The summed E-state index contributed by atoms with van der Waals surface area (Å²) in [6.07, 6.45) is 6.71. The lowest BCUT2D eigenvalue weighted by Gasteiger charge is -2.27. The van der Waals surface area contributed by atoms with Gasteiger partial charge in [-0.3, -0.25) is 103 Å². The van der Waals surface area contributed by atoms with Crippen molar-refractivity contribution < 1.29 is 105 Å². The van der Waals surface area contributed by atoms with Crippen molar-refractivity contribution in [2.75, 3.05) is 62.3 Å². The highest BCUT2D eigenvalue weighted by atomic mass is 35.5. The number of hydrogen-bond donors (Lipinski definition) is 8. The summed E-state index contributed by atoms with van der Waals surface area (Å²) in [5, 5.41) is 29.4. The number of carbonyl (C=O) groups excluding carboxylic acids is 17. The van der Waals surface area contributed by atoms with Gasteiger partial charge in [0.15, 0.2) is 0 Å². The summed E-state index contributed by atoms with van der Waals surface area (Å²) >= 11 is 0. The SMILES string of the molecule is Cl.NC1CCC(=O)NC1=O.O=C1CCC(N2C(=O)c3ccc(F)cc3C2=O)C(=O)N1.O=C1CCC(N2C(=O)c3ccc(N4CCC(CCO)C4)cc3C2=O)C(=O)N1.O=C1OC(=O)c2cc(F)ccc21.O=CCC1CCN(c2ccc3c(c2)C(=O)N(C2CCC(=O)NC2=O)C3=O)C1.OCC1CCNC1. The summed E-state index contributed by atoms with van der Waals surface area (Å²) < 4.78 is 29.9. The molecule has 4 aromatic rings. The topological polar surface area (TPSA) is 442 Å². The van der Waals surface area contributed by atoms with Crippen LogP contribution in [-0.4, -0.2) is 202 Å². The monoisotopic (exact) mass is 1450 g/mol. The first-order valence-corrected chi connectivity index (χ1v) is 33.0. The number of nitrogens with two attached hydrogens (primary N) is 1. The molecule has 11 aliphatic rings. The molecule has 544 valence electrons. The number of esters is 2. The Morgan fingerprint density at radius 3 is 1.24 bits per heavy atom. The number of benzene rings is 4. The Bertz CT molecular complexity index is 4190. The zero-order chi connectivity index (χ0) is 73.4. The summed E-state index contributed by atoms with van der Waals surface area (Å²) in [6.45, 7) is 5.78. The van der Waals surface area contributed by atoms with Crippen molar-refractivity contribution in [3.05, 3.63) is 129 Å². The van der Waals surface area contributed by atoms with Gasteiger partial charge in [-0.2, -0.15) is 0 Å². The first-order valence-electron chi connectivity index (χ1n) is 33.0. The van der Waals surface area contributed by atoms with Crippen LogP contribution in [0.25, 0.3) is 0 Å². The molecule has 4 aromatic carbocycles. The fourth-order valence-electron chi connectivity index (χ4n) is 13.3. The van der Waals surface area contributed by atoms with Crippen LogP contribution >= 0.6 is 12.4 Å². The molecule has 34 heteroatoms. The molecule has 7 unspecified atom stereocenters. The number of rotatable bonds is 10. The van der Waals surface area contributed by atoms with E-state index in [0.717, 1.165) is 122 Å². The van der Waals surface area contributed by atoms with Gasteiger partial charge in [0.05, 0.1) is 50.5 Å². The normalized spacial score (nSPS) is 23.7. The second-order valence-electron chi connectivity index (χ2n) is 25.6. The molecule has 11 aliphatic heterocycles. The lowest BCUT2D eigenvalue weighted by molar-refractivity contribution is -0.137. The third-order valence-corrected chi connectivity index (χ3v) is 18.8. The maximum absolute atomic E-state index is 13.2. The second kappa shape index (κ2) is 33.4. The average Bonchev–Trinajstić information content (AvgIpc) is 1.62.